The lowest BCUT2D eigenvalue weighted by molar-refractivity contribution is -0.333. The number of aliphatic imine (C=N–C) groups is 1. The molecule has 74 heavy (non-hydrogen) atoms. The predicted octanol–water partition coefficient (Wildman–Crippen LogP) is 2.72. The Labute approximate surface area is 437 Å². The normalized spacial score (nSPS) is 37.9. The third-order valence-corrected chi connectivity index (χ3v) is 14.2. The van der Waals surface area contributed by atoms with Crippen LogP contribution in [0.5, 0.6) is 0 Å². The van der Waals surface area contributed by atoms with E-state index in [2.05, 4.69) is 17.1 Å². The van der Waals surface area contributed by atoms with Crippen molar-refractivity contribution in [3.8, 4) is 0 Å². The van der Waals surface area contributed by atoms with Crippen LogP contribution in [0.4, 0.5) is 0 Å². The number of carbonyl (C=O) groups excluding carboxylic acids is 2. The van der Waals surface area contributed by atoms with Crippen molar-refractivity contribution >= 4 is 23.9 Å². The number of allylic oxidation sites excluding steroid dienone is 6. The van der Waals surface area contributed by atoms with Gasteiger partial charge in [-0.05, 0) is 75.7 Å². The van der Waals surface area contributed by atoms with Gasteiger partial charge in [-0.2, -0.15) is 0 Å². The molecule has 0 radical (unpaired) electrons. The van der Waals surface area contributed by atoms with Gasteiger partial charge in [0.1, 0.15) is 24.7 Å². The SMILES string of the molecule is C/C1=C\C=C\C(C)C(C(C)CCC/C=C/CCCN=C(N)N)OC(=O)/C=C/C=C/C(C)C(O)CC(O)C(C)C(O)CCC(C)C(O)CC2(O)OC(CC(OC(=O)CC(=O)O)CC(O)CC(O)CC1O)CC(O)C2O. The fourth-order valence-corrected chi connectivity index (χ4v) is 9.23. The maximum atomic E-state index is 13.2. The van der Waals surface area contributed by atoms with Crippen molar-refractivity contribution in [2.24, 2.45) is 46.0 Å². The van der Waals surface area contributed by atoms with Crippen LogP contribution in [0.2, 0.25) is 0 Å². The summed E-state index contributed by atoms with van der Waals surface area (Å²) in [6, 6.07) is 0. The van der Waals surface area contributed by atoms with Crippen molar-refractivity contribution in [2.75, 3.05) is 6.54 Å². The number of nitrogens with zero attached hydrogens (tertiary/aromatic N) is 1. The first-order valence-corrected chi connectivity index (χ1v) is 26.3. The summed E-state index contributed by atoms with van der Waals surface area (Å²) >= 11 is 0. The number of esters is 2. The summed E-state index contributed by atoms with van der Waals surface area (Å²) in [6.45, 7) is 11.1. The minimum absolute atomic E-state index is 0.0617. The molecule has 0 aromatic heterocycles. The molecule has 1 saturated heterocycles. The topological polar surface area (TPSA) is 366 Å². The number of nitrogens with two attached hydrogens (primary N) is 2. The van der Waals surface area contributed by atoms with Crippen LogP contribution in [0.3, 0.4) is 0 Å². The van der Waals surface area contributed by atoms with Gasteiger partial charge in [0.25, 0.3) is 0 Å². The number of guanidine groups is 1. The van der Waals surface area contributed by atoms with E-state index in [1.54, 1.807) is 52.0 Å². The molecule has 0 aliphatic carbocycles. The fourth-order valence-electron chi connectivity index (χ4n) is 9.23. The second-order valence-corrected chi connectivity index (χ2v) is 20.9. The van der Waals surface area contributed by atoms with E-state index >= 15 is 0 Å². The number of aliphatic hydroxyl groups is 10. The highest BCUT2D eigenvalue weighted by Crippen LogP contribution is 2.36. The first-order chi connectivity index (χ1) is 34.7. The Hall–Kier alpha value is -4.06. The summed E-state index contributed by atoms with van der Waals surface area (Å²) in [6.07, 6.45) is 1.87. The number of rotatable bonds is 12. The molecule has 15 N–H and O–H groups in total. The third kappa shape index (κ3) is 25.2. The van der Waals surface area contributed by atoms with Crippen molar-refractivity contribution in [3.05, 3.63) is 60.3 Å². The number of carbonyl (C=O) groups is 3. The number of carboxylic acid groups (broad SMARTS) is 1. The molecule has 20 heteroatoms. The Balaban J connectivity index is 2.41. The summed E-state index contributed by atoms with van der Waals surface area (Å²) in [5.41, 5.74) is 11.3. The summed E-state index contributed by atoms with van der Waals surface area (Å²) in [7, 11) is 0. The number of carboxylic acids is 1. The van der Waals surface area contributed by atoms with Crippen LogP contribution in [0.15, 0.2) is 65.2 Å². The zero-order chi connectivity index (χ0) is 55.7. The monoisotopic (exact) mass is 1050 g/mol. The zero-order valence-corrected chi connectivity index (χ0v) is 44.3. The Kier molecular flexibility index (Phi) is 30.2. The maximum Gasteiger partial charge on any atom is 0.331 e. The predicted molar refractivity (Wildman–Crippen MR) is 277 cm³/mol. The highest BCUT2D eigenvalue weighted by atomic mass is 16.7. The van der Waals surface area contributed by atoms with Crippen molar-refractivity contribution in [1.82, 2.24) is 0 Å². The standard InChI is InChI=1S/C54H91N3O17/c1-32-16-12-13-20-49(68)73-51(35(4)17-11-9-7-8-10-14-23-57-53(55)56)36(5)19-15-18-33(2)43(61)26-39(59)24-38(58)25-40(72-50(69)30-48(66)67)27-41-28-46(64)52(70)54(71,74-41)31-47(65)34(3)21-22-42(60)37(6)45(63)29-44(32)62/h7-8,12-13,15-16,18-20,32,34-47,51-52,58-65,70-71H,9-11,14,17,21-31H2,1-6H3,(H,66,67)(H4,55,56,57)/b8-7+,16-12+,19-15+,20-13+,33-18+. The van der Waals surface area contributed by atoms with Crippen molar-refractivity contribution in [2.45, 2.75) is 217 Å². The molecule has 0 saturated carbocycles. The number of aliphatic hydroxyl groups excluding tert-OH is 9. The smallest absolute Gasteiger partial charge is 0.331 e. The van der Waals surface area contributed by atoms with E-state index in [0.29, 0.717) is 12.1 Å². The minimum atomic E-state index is -2.52. The van der Waals surface area contributed by atoms with Gasteiger partial charge in [0.2, 0.25) is 0 Å². The van der Waals surface area contributed by atoms with Crippen molar-refractivity contribution in [1.29, 1.82) is 0 Å². The van der Waals surface area contributed by atoms with Gasteiger partial charge < -0.3 is 81.8 Å². The molecule has 2 bridgehead atoms. The molecule has 0 aromatic rings. The Morgan fingerprint density at radius 3 is 2.11 bits per heavy atom. The number of fused-ring (bicyclic) bond motifs is 2. The highest BCUT2D eigenvalue weighted by molar-refractivity contribution is 5.90. The molecule has 1 fully saturated rings. The Morgan fingerprint density at radius 1 is 0.797 bits per heavy atom. The lowest BCUT2D eigenvalue weighted by Crippen LogP contribution is -2.60. The number of cyclic esters (lactones) is 1. The molecule has 424 valence electrons. The van der Waals surface area contributed by atoms with E-state index in [9.17, 15) is 70.6 Å². The van der Waals surface area contributed by atoms with Crippen LogP contribution in [0, 0.1) is 29.6 Å². The Morgan fingerprint density at radius 2 is 1.45 bits per heavy atom. The number of unbranched alkanes of at least 4 members (excludes halogenated alkanes) is 2. The third-order valence-electron chi connectivity index (χ3n) is 14.2. The second kappa shape index (κ2) is 33.9. The van der Waals surface area contributed by atoms with E-state index in [-0.39, 0.29) is 69.2 Å². The van der Waals surface area contributed by atoms with E-state index in [4.69, 9.17) is 25.7 Å². The lowest BCUT2D eigenvalue weighted by atomic mass is 9.84. The minimum Gasteiger partial charge on any atom is -0.481 e. The van der Waals surface area contributed by atoms with Crippen LogP contribution in [-0.4, -0.2) is 166 Å². The summed E-state index contributed by atoms with van der Waals surface area (Å²) in [5.74, 6) is -7.80. The number of ether oxygens (including phenoxy) is 3. The molecular formula is C54H91N3O17. The average molecular weight is 1050 g/mol. The summed E-state index contributed by atoms with van der Waals surface area (Å²) in [5, 5.41) is 120. The summed E-state index contributed by atoms with van der Waals surface area (Å²) < 4.78 is 17.3. The number of hydrogen-bond donors (Lipinski definition) is 13. The van der Waals surface area contributed by atoms with Crippen LogP contribution >= 0.6 is 0 Å². The quantitative estimate of drug-likeness (QED) is 0.0334. The average Bonchev–Trinajstić information content (AvgIpc) is 3.30. The molecule has 2 aliphatic heterocycles. The van der Waals surface area contributed by atoms with E-state index in [0.717, 1.165) is 32.1 Å². The van der Waals surface area contributed by atoms with Gasteiger partial charge >= 0.3 is 17.9 Å². The maximum absolute atomic E-state index is 13.2. The first kappa shape index (κ1) is 66.1. The molecule has 0 aromatic carbocycles. The van der Waals surface area contributed by atoms with E-state index < -0.39 is 128 Å². The second-order valence-electron chi connectivity index (χ2n) is 20.9. The van der Waals surface area contributed by atoms with E-state index in [1.165, 1.54) is 12.2 Å². The molecule has 0 spiro atoms. The molecule has 18 unspecified atom stereocenters. The molecule has 2 rings (SSSR count). The van der Waals surface area contributed by atoms with Gasteiger partial charge in [-0.3, -0.25) is 14.6 Å². The van der Waals surface area contributed by atoms with Gasteiger partial charge in [-0.15, -0.1) is 0 Å². The van der Waals surface area contributed by atoms with Gasteiger partial charge in [-0.1, -0.05) is 83.2 Å². The Bertz CT molecular complexity index is 1860. The van der Waals surface area contributed by atoms with Gasteiger partial charge in [0.05, 0.1) is 54.9 Å². The van der Waals surface area contributed by atoms with Crippen LogP contribution in [-0.2, 0) is 28.6 Å². The number of aliphatic carboxylic acids is 1. The number of hydrogen-bond acceptors (Lipinski definition) is 17. The highest BCUT2D eigenvalue weighted by Gasteiger charge is 2.50. The molecule has 20 nitrogen and oxygen atoms in total. The van der Waals surface area contributed by atoms with Crippen LogP contribution in [0.25, 0.3) is 0 Å². The molecule has 18 atom stereocenters. The van der Waals surface area contributed by atoms with Crippen molar-refractivity contribution < 1.29 is 84.8 Å². The van der Waals surface area contributed by atoms with Crippen molar-refractivity contribution in [3.63, 3.8) is 0 Å². The lowest BCUT2D eigenvalue weighted by Gasteiger charge is -2.45. The van der Waals surface area contributed by atoms with E-state index in [1.807, 2.05) is 19.9 Å². The van der Waals surface area contributed by atoms with Crippen LogP contribution in [0.1, 0.15) is 138 Å². The zero-order valence-electron chi connectivity index (χ0n) is 44.3. The largest absolute Gasteiger partial charge is 0.481 e. The van der Waals surface area contributed by atoms with Gasteiger partial charge in [-0.25, -0.2) is 4.79 Å². The molecule has 0 amide bonds. The van der Waals surface area contributed by atoms with Crippen LogP contribution < -0.4 is 11.5 Å². The fraction of sp³-hybridized carbons (Fsp3) is 0.741. The molecular weight excluding hydrogens is 963 g/mol. The van der Waals surface area contributed by atoms with Gasteiger partial charge in [0, 0.05) is 68.9 Å². The summed E-state index contributed by atoms with van der Waals surface area (Å²) in [4.78, 5) is 41.1. The molecule has 2 aliphatic rings. The molecule has 2 heterocycles. The first-order valence-electron chi connectivity index (χ1n) is 26.3. The van der Waals surface area contributed by atoms with Gasteiger partial charge in [0.15, 0.2) is 11.7 Å².